The van der Waals surface area contributed by atoms with E-state index in [4.69, 9.17) is 5.73 Å². The Kier molecular flexibility index (Phi) is 6.09. The van der Waals surface area contributed by atoms with Crippen molar-refractivity contribution in [3.63, 3.8) is 0 Å². The van der Waals surface area contributed by atoms with Gasteiger partial charge in [0.05, 0.1) is 0 Å². The second-order valence-corrected chi connectivity index (χ2v) is 6.57. The van der Waals surface area contributed by atoms with Crippen molar-refractivity contribution in [2.24, 2.45) is 5.73 Å². The van der Waals surface area contributed by atoms with Gasteiger partial charge in [0.2, 0.25) is 0 Å². The fourth-order valence-electron chi connectivity index (χ4n) is 2.63. The molecule has 2 N–H and O–H groups in total. The Morgan fingerprint density at radius 1 is 1.11 bits per heavy atom. The summed E-state index contributed by atoms with van der Waals surface area (Å²) in [6, 6.07) is 9.06. The van der Waals surface area contributed by atoms with Crippen LogP contribution in [0.2, 0.25) is 0 Å². The summed E-state index contributed by atoms with van der Waals surface area (Å²) in [5, 5.41) is 0.909. The van der Waals surface area contributed by atoms with Gasteiger partial charge in [-0.15, -0.1) is 0 Å². The summed E-state index contributed by atoms with van der Waals surface area (Å²) in [4.78, 5) is 0. The molecule has 18 heavy (non-hydrogen) atoms. The molecule has 1 aliphatic rings. The van der Waals surface area contributed by atoms with Crippen LogP contribution >= 0.6 is 11.8 Å². The van der Waals surface area contributed by atoms with E-state index in [1.54, 1.807) is 0 Å². The van der Waals surface area contributed by atoms with Crippen LogP contribution in [0, 0.1) is 0 Å². The molecule has 1 aromatic carbocycles. The molecule has 0 aromatic heterocycles. The van der Waals surface area contributed by atoms with E-state index in [0.717, 1.165) is 24.6 Å². The van der Waals surface area contributed by atoms with Gasteiger partial charge >= 0.3 is 0 Å². The third-order valence-corrected chi connectivity index (χ3v) is 5.14. The predicted octanol–water partition coefficient (Wildman–Crippen LogP) is 4.14. The lowest BCUT2D eigenvalue weighted by Crippen LogP contribution is -2.08. The molecule has 0 saturated heterocycles. The van der Waals surface area contributed by atoms with Gasteiger partial charge in [0.25, 0.3) is 0 Å². The van der Waals surface area contributed by atoms with Crippen LogP contribution in [0.5, 0.6) is 0 Å². The molecule has 0 atom stereocenters. The maximum Gasteiger partial charge on any atom is 0.0187 e. The molecule has 1 fully saturated rings. The number of thioether (sulfide) groups is 1. The number of hydrogen-bond donors (Lipinski definition) is 1. The zero-order chi connectivity index (χ0) is 12.6. The molecule has 0 bridgehead atoms. The van der Waals surface area contributed by atoms with Gasteiger partial charge in [0.1, 0.15) is 0 Å². The first kappa shape index (κ1) is 14.0. The molecule has 0 aliphatic heterocycles. The largest absolute Gasteiger partial charge is 0.330 e. The second-order valence-electron chi connectivity index (χ2n) is 5.28. The quantitative estimate of drug-likeness (QED) is 0.834. The van der Waals surface area contributed by atoms with Crippen LogP contribution < -0.4 is 5.73 Å². The topological polar surface area (TPSA) is 26.0 Å². The van der Waals surface area contributed by atoms with Crippen LogP contribution in [0.1, 0.15) is 49.7 Å². The molecule has 1 aromatic rings. The number of nitrogens with two attached hydrogens (primary N) is 1. The van der Waals surface area contributed by atoms with E-state index < -0.39 is 0 Å². The van der Waals surface area contributed by atoms with E-state index in [1.807, 2.05) is 0 Å². The zero-order valence-electron chi connectivity index (χ0n) is 11.2. The van der Waals surface area contributed by atoms with Crippen LogP contribution in [0.15, 0.2) is 24.3 Å². The first-order chi connectivity index (χ1) is 8.88. The Labute approximate surface area is 116 Å². The van der Waals surface area contributed by atoms with Crippen LogP contribution in [-0.2, 0) is 12.2 Å². The van der Waals surface area contributed by atoms with Crippen LogP contribution in [0.4, 0.5) is 0 Å². The molecule has 0 unspecified atom stereocenters. The molecule has 0 heterocycles. The summed E-state index contributed by atoms with van der Waals surface area (Å²) >= 11 is 2.16. The highest BCUT2D eigenvalue weighted by Gasteiger charge is 2.13. The molecule has 0 spiro atoms. The molecule has 2 heteroatoms. The van der Waals surface area contributed by atoms with E-state index in [1.165, 1.54) is 49.0 Å². The monoisotopic (exact) mass is 263 g/mol. The van der Waals surface area contributed by atoms with E-state index in [9.17, 15) is 0 Å². The lowest BCUT2D eigenvalue weighted by Gasteiger charge is -2.21. The predicted molar refractivity (Wildman–Crippen MR) is 82.0 cm³/mol. The Hall–Kier alpha value is -0.470. The van der Waals surface area contributed by atoms with Crippen molar-refractivity contribution in [1.82, 2.24) is 0 Å². The van der Waals surface area contributed by atoms with Crippen molar-refractivity contribution in [1.29, 1.82) is 0 Å². The maximum absolute atomic E-state index is 5.57. The molecule has 1 nitrogen and oxygen atoms in total. The van der Waals surface area contributed by atoms with E-state index in [-0.39, 0.29) is 0 Å². The van der Waals surface area contributed by atoms with Crippen LogP contribution in [0.3, 0.4) is 0 Å². The van der Waals surface area contributed by atoms with Gasteiger partial charge in [-0.3, -0.25) is 0 Å². The van der Waals surface area contributed by atoms with Crippen molar-refractivity contribution in [2.45, 2.75) is 55.9 Å². The molecule has 1 saturated carbocycles. The average Bonchev–Trinajstić information content (AvgIpc) is 2.44. The van der Waals surface area contributed by atoms with E-state index in [2.05, 4.69) is 36.0 Å². The van der Waals surface area contributed by atoms with Crippen molar-refractivity contribution < 1.29 is 0 Å². The molecular weight excluding hydrogens is 238 g/mol. The molecule has 100 valence electrons. The summed E-state index contributed by atoms with van der Waals surface area (Å²) < 4.78 is 0. The summed E-state index contributed by atoms with van der Waals surface area (Å²) in [5.74, 6) is 1.18. The Morgan fingerprint density at radius 3 is 2.67 bits per heavy atom. The number of aryl methyl sites for hydroxylation is 1. The third kappa shape index (κ3) is 4.66. The SMILES string of the molecule is NCCCc1cccc(CSC2CCCCC2)c1. The number of benzene rings is 1. The van der Waals surface area contributed by atoms with E-state index >= 15 is 0 Å². The number of rotatable bonds is 6. The Morgan fingerprint density at radius 2 is 1.89 bits per heavy atom. The lowest BCUT2D eigenvalue weighted by atomic mass is 10.0. The van der Waals surface area contributed by atoms with Crippen molar-refractivity contribution >= 4 is 11.8 Å². The van der Waals surface area contributed by atoms with Crippen LogP contribution in [0.25, 0.3) is 0 Å². The summed E-state index contributed by atoms with van der Waals surface area (Å²) in [6.45, 7) is 0.793. The normalized spacial score (nSPS) is 16.9. The summed E-state index contributed by atoms with van der Waals surface area (Å²) in [7, 11) is 0. The van der Waals surface area contributed by atoms with Crippen LogP contribution in [-0.4, -0.2) is 11.8 Å². The van der Waals surface area contributed by atoms with Gasteiger partial charge in [-0.2, -0.15) is 11.8 Å². The lowest BCUT2D eigenvalue weighted by molar-refractivity contribution is 0.516. The van der Waals surface area contributed by atoms with Gasteiger partial charge in [0.15, 0.2) is 0 Å². The Balaban J connectivity index is 1.80. The van der Waals surface area contributed by atoms with Gasteiger partial charge in [0, 0.05) is 11.0 Å². The smallest absolute Gasteiger partial charge is 0.0187 e. The minimum atomic E-state index is 0.793. The average molecular weight is 263 g/mol. The number of hydrogen-bond acceptors (Lipinski definition) is 2. The molecule has 2 rings (SSSR count). The summed E-state index contributed by atoms with van der Waals surface area (Å²) in [6.07, 6.45) is 9.40. The molecule has 0 amide bonds. The summed E-state index contributed by atoms with van der Waals surface area (Å²) in [5.41, 5.74) is 8.50. The molecular formula is C16H25NS. The fourth-order valence-corrected chi connectivity index (χ4v) is 3.90. The third-order valence-electron chi connectivity index (χ3n) is 3.70. The maximum atomic E-state index is 5.57. The van der Waals surface area contributed by atoms with Gasteiger partial charge in [-0.05, 0) is 43.4 Å². The fraction of sp³-hybridized carbons (Fsp3) is 0.625. The zero-order valence-corrected chi connectivity index (χ0v) is 12.1. The van der Waals surface area contributed by atoms with E-state index in [0.29, 0.717) is 0 Å². The highest BCUT2D eigenvalue weighted by molar-refractivity contribution is 7.99. The van der Waals surface area contributed by atoms with Crippen molar-refractivity contribution in [3.8, 4) is 0 Å². The molecule has 0 radical (unpaired) electrons. The minimum absolute atomic E-state index is 0.793. The highest BCUT2D eigenvalue weighted by atomic mass is 32.2. The Bertz CT molecular complexity index is 345. The standard InChI is InChI=1S/C16H25NS/c17-11-5-8-14-6-4-7-15(12-14)13-18-16-9-2-1-3-10-16/h4,6-7,12,16H,1-3,5,8-11,13,17H2. The van der Waals surface area contributed by atoms with Crippen molar-refractivity contribution in [2.75, 3.05) is 6.54 Å². The van der Waals surface area contributed by atoms with Gasteiger partial charge in [-0.25, -0.2) is 0 Å². The molecule has 1 aliphatic carbocycles. The first-order valence-electron chi connectivity index (χ1n) is 7.28. The van der Waals surface area contributed by atoms with Gasteiger partial charge < -0.3 is 5.73 Å². The van der Waals surface area contributed by atoms with Crippen molar-refractivity contribution in [3.05, 3.63) is 35.4 Å². The first-order valence-corrected chi connectivity index (χ1v) is 8.33. The van der Waals surface area contributed by atoms with Gasteiger partial charge in [-0.1, -0.05) is 43.5 Å². The second kappa shape index (κ2) is 7.85. The minimum Gasteiger partial charge on any atom is -0.330 e. The highest BCUT2D eigenvalue weighted by Crippen LogP contribution is 2.30.